The van der Waals surface area contributed by atoms with Gasteiger partial charge in [0.2, 0.25) is 0 Å². The van der Waals surface area contributed by atoms with Gasteiger partial charge in [0, 0.05) is 23.0 Å². The van der Waals surface area contributed by atoms with Crippen molar-refractivity contribution in [1.82, 2.24) is 0 Å². The first kappa shape index (κ1) is 86.3. The first-order chi connectivity index (χ1) is 40.2. The molecule has 0 bridgehead atoms. The van der Waals surface area contributed by atoms with E-state index < -0.39 is 5.41 Å². The molecule has 0 aliphatic heterocycles. The van der Waals surface area contributed by atoms with Crippen molar-refractivity contribution in [3.63, 3.8) is 0 Å². The summed E-state index contributed by atoms with van der Waals surface area (Å²) >= 11 is 41.9. The smallest absolute Gasteiger partial charge is 0.0700 e. The molecule has 0 aliphatic carbocycles. The zero-order chi connectivity index (χ0) is 58.2. The normalized spacial score (nSPS) is 12.0. The molecule has 8 nitrogen and oxygen atoms in total. The van der Waals surface area contributed by atoms with Crippen LogP contribution in [-0.4, -0.2) is 267 Å². The van der Waals surface area contributed by atoms with Crippen molar-refractivity contribution in [2.75, 3.05) is 267 Å². The van der Waals surface area contributed by atoms with Gasteiger partial charge in [-0.2, -0.15) is 192 Å². The Balaban J connectivity index is 4.98. The van der Waals surface area contributed by atoms with Crippen LogP contribution in [0, 0.1) is 5.41 Å². The van der Waals surface area contributed by atoms with Crippen LogP contribution in [0.15, 0.2) is 0 Å². The molecule has 0 radical (unpaired) electrons. The SMILES string of the molecule is SCCCSCCCSCCCSCCOCCOCC(COCCOCCSCCCSCCCSCCCS)(COCCOCCSCCCSCCCSCCCS)COCCOCCSCCCSCCCSCCCS. The Morgan fingerprint density at radius 1 is 0.173 bits per heavy atom. The standard InChI is InChI=1S/C57H116O8S16/c66-25-1-29-70-33-5-37-74-41-9-45-78-49-21-58-13-17-62-53-57(54-63-18-14-59-22-50-79-46-10-42-75-38-6-34-71-30-2-26-67,55-64-19-15-60-23-51-80-47-11-43-76-39-7-35-72-31-3-27-68)56-65-20-16-61-24-52-81-48-12-44-77-40-8-36-73-32-4-28-69/h66-69H,1-56H2. The van der Waals surface area contributed by atoms with Crippen molar-refractivity contribution in [3.05, 3.63) is 0 Å². The Kier molecular flexibility index (Phi) is 84.7. The van der Waals surface area contributed by atoms with Crippen molar-refractivity contribution in [2.24, 2.45) is 5.41 Å². The topological polar surface area (TPSA) is 73.8 Å². The number of rotatable bonds is 76. The average molecular weight is 1440 g/mol. The van der Waals surface area contributed by atoms with E-state index in [4.69, 9.17) is 37.9 Å². The molecule has 0 unspecified atom stereocenters. The van der Waals surface area contributed by atoms with Crippen LogP contribution in [0.3, 0.4) is 0 Å². The van der Waals surface area contributed by atoms with E-state index in [1.54, 1.807) is 0 Å². The Morgan fingerprint density at radius 2 is 0.321 bits per heavy atom. The molecule has 0 saturated heterocycles. The fourth-order valence-electron chi connectivity index (χ4n) is 6.75. The second kappa shape index (κ2) is 79.5. The molecule has 488 valence electrons. The van der Waals surface area contributed by atoms with E-state index in [1.807, 2.05) is 47.0 Å². The maximum atomic E-state index is 6.39. The van der Waals surface area contributed by atoms with Crippen LogP contribution < -0.4 is 0 Å². The van der Waals surface area contributed by atoms with Gasteiger partial charge in [0.1, 0.15) is 0 Å². The molecule has 0 aromatic heterocycles. The van der Waals surface area contributed by atoms with Gasteiger partial charge in [-0.15, -0.1) is 0 Å². The van der Waals surface area contributed by atoms with Crippen LogP contribution in [0.25, 0.3) is 0 Å². The monoisotopic (exact) mass is 1440 g/mol. The van der Waals surface area contributed by atoms with Gasteiger partial charge in [-0.05, 0) is 215 Å². The summed E-state index contributed by atoms with van der Waals surface area (Å²) in [6.07, 6.45) is 15.1. The molecule has 0 spiro atoms. The minimum absolute atomic E-state index is 0.443. The molecule has 0 amide bonds. The lowest BCUT2D eigenvalue weighted by molar-refractivity contribution is -0.120. The molecular weight excluding hydrogens is 1330 g/mol. The van der Waals surface area contributed by atoms with Gasteiger partial charge in [0.15, 0.2) is 0 Å². The second-order valence-corrected chi connectivity index (χ2v) is 35.1. The third kappa shape index (κ3) is 74.2. The van der Waals surface area contributed by atoms with Gasteiger partial charge < -0.3 is 37.9 Å². The van der Waals surface area contributed by atoms with Gasteiger partial charge in [0.25, 0.3) is 0 Å². The summed E-state index contributed by atoms with van der Waals surface area (Å²) in [5, 5.41) is 0. The van der Waals surface area contributed by atoms with Crippen molar-refractivity contribution in [3.8, 4) is 0 Å². The second-order valence-electron chi connectivity index (χ2n) is 18.6. The maximum absolute atomic E-state index is 6.39. The first-order valence-electron chi connectivity index (χ1n) is 30.2. The van der Waals surface area contributed by atoms with Gasteiger partial charge in [-0.25, -0.2) is 0 Å². The third-order valence-electron chi connectivity index (χ3n) is 11.0. The van der Waals surface area contributed by atoms with Crippen LogP contribution in [0.1, 0.15) is 77.0 Å². The van der Waals surface area contributed by atoms with Crippen LogP contribution in [-0.2, 0) is 37.9 Å². The number of ether oxygens (including phenoxy) is 8. The zero-order valence-corrected chi connectivity index (χ0v) is 63.4. The molecule has 24 heteroatoms. The molecule has 0 aliphatic rings. The van der Waals surface area contributed by atoms with Crippen LogP contribution in [0.5, 0.6) is 0 Å². The summed E-state index contributed by atoms with van der Waals surface area (Å²) in [6, 6.07) is 0. The fraction of sp³-hybridized carbons (Fsp3) is 1.00. The Hall–Kier alpha value is 5.28. The number of hydrogen-bond acceptors (Lipinski definition) is 24. The number of thiol groups is 4. The summed E-state index contributed by atoms with van der Waals surface area (Å²) in [5.74, 6) is 33.0. The van der Waals surface area contributed by atoms with Crippen LogP contribution >= 0.6 is 192 Å². The molecule has 0 saturated carbocycles. The quantitative estimate of drug-likeness (QED) is 0.0345. The highest BCUT2D eigenvalue weighted by molar-refractivity contribution is 8.02. The average Bonchev–Trinajstić information content (AvgIpc) is 3.47. The number of thioether (sulfide) groups is 12. The summed E-state index contributed by atoms with van der Waals surface area (Å²) in [7, 11) is 0. The minimum atomic E-state index is -0.504. The Labute approximate surface area is 572 Å². The molecule has 0 rings (SSSR count). The molecular formula is C57H116O8S16. The van der Waals surface area contributed by atoms with Gasteiger partial charge in [-0.1, -0.05) is 0 Å². The molecule has 0 aromatic carbocycles. The predicted molar refractivity (Wildman–Crippen MR) is 408 cm³/mol. The largest absolute Gasteiger partial charge is 0.378 e. The molecule has 0 atom stereocenters. The lowest BCUT2D eigenvalue weighted by Gasteiger charge is -2.33. The number of hydrogen-bond donors (Lipinski definition) is 4. The van der Waals surface area contributed by atoms with Crippen LogP contribution in [0.2, 0.25) is 0 Å². The van der Waals surface area contributed by atoms with Crippen molar-refractivity contribution >= 4 is 192 Å². The van der Waals surface area contributed by atoms with E-state index in [2.05, 4.69) is 145 Å². The van der Waals surface area contributed by atoms with Gasteiger partial charge >= 0.3 is 0 Å². The molecule has 81 heavy (non-hydrogen) atoms. The highest BCUT2D eigenvalue weighted by atomic mass is 32.2. The predicted octanol–water partition coefficient (Wildman–Crippen LogP) is 15.3. The Morgan fingerprint density at radius 3 is 0.494 bits per heavy atom. The fourth-order valence-corrected chi connectivity index (χ4v) is 20.1. The first-order valence-corrected chi connectivity index (χ1v) is 46.6. The summed E-state index contributed by atoms with van der Waals surface area (Å²) in [4.78, 5) is 0. The third-order valence-corrected chi connectivity index (χ3v) is 25.6. The summed E-state index contributed by atoms with van der Waals surface area (Å²) in [5.41, 5.74) is -0.504. The van der Waals surface area contributed by atoms with Crippen molar-refractivity contribution in [2.45, 2.75) is 77.0 Å². The van der Waals surface area contributed by atoms with Crippen molar-refractivity contribution in [1.29, 1.82) is 0 Å². The van der Waals surface area contributed by atoms with Crippen molar-refractivity contribution < 1.29 is 37.9 Å². The lowest BCUT2D eigenvalue weighted by atomic mass is 9.92. The molecule has 0 heterocycles. The summed E-state index contributed by atoms with van der Waals surface area (Å²) < 4.78 is 49.7. The van der Waals surface area contributed by atoms with E-state index in [1.165, 1.54) is 192 Å². The highest BCUT2D eigenvalue weighted by Crippen LogP contribution is 2.22. The maximum Gasteiger partial charge on any atom is 0.0700 e. The van der Waals surface area contributed by atoms with Crippen LogP contribution in [0.4, 0.5) is 0 Å². The molecule has 0 N–H and O–H groups in total. The lowest BCUT2D eigenvalue weighted by Crippen LogP contribution is -2.43. The molecule has 0 aromatic rings. The van der Waals surface area contributed by atoms with E-state index in [9.17, 15) is 0 Å². The summed E-state index contributed by atoms with van der Waals surface area (Å²) in [6.45, 7) is 9.01. The van der Waals surface area contributed by atoms with E-state index >= 15 is 0 Å². The highest BCUT2D eigenvalue weighted by Gasteiger charge is 2.32. The van der Waals surface area contributed by atoms with E-state index in [-0.39, 0.29) is 0 Å². The molecule has 0 fully saturated rings. The van der Waals surface area contributed by atoms with Gasteiger partial charge in [-0.3, -0.25) is 0 Å². The van der Waals surface area contributed by atoms with Gasteiger partial charge in [0.05, 0.1) is 111 Å². The van der Waals surface area contributed by atoms with E-state index in [0.29, 0.717) is 79.3 Å². The minimum Gasteiger partial charge on any atom is -0.378 e. The Bertz CT molecular complexity index is 968. The van der Waals surface area contributed by atoms with E-state index in [0.717, 1.165) is 72.5 Å². The zero-order valence-electron chi connectivity index (χ0n) is 50.1.